The van der Waals surface area contributed by atoms with Gasteiger partial charge in [0.25, 0.3) is 0 Å². The third kappa shape index (κ3) is 4.07. The van der Waals surface area contributed by atoms with Crippen molar-refractivity contribution < 1.29 is 26.3 Å². The molecule has 0 amide bonds. The molecule has 1 aromatic carbocycles. The van der Waals surface area contributed by atoms with Gasteiger partial charge in [0.2, 0.25) is 0 Å². The summed E-state index contributed by atoms with van der Waals surface area (Å²) in [6.45, 7) is 5.71. The second-order valence-corrected chi connectivity index (χ2v) is 6.48. The lowest BCUT2D eigenvalue weighted by molar-refractivity contribution is -0.143. The van der Waals surface area contributed by atoms with E-state index in [0.717, 1.165) is 0 Å². The van der Waals surface area contributed by atoms with Gasteiger partial charge in [-0.05, 0) is 29.8 Å². The Labute approximate surface area is 135 Å². The van der Waals surface area contributed by atoms with Crippen molar-refractivity contribution in [3.8, 4) is 11.1 Å². The lowest BCUT2D eigenvalue weighted by Gasteiger charge is -2.18. The van der Waals surface area contributed by atoms with Crippen LogP contribution in [0, 0.1) is 0 Å². The maximum atomic E-state index is 12.9. The molecule has 0 radical (unpaired) electrons. The highest BCUT2D eigenvalue weighted by Gasteiger charge is 2.37. The van der Waals surface area contributed by atoms with Crippen LogP contribution in [0.25, 0.3) is 11.1 Å². The topological polar surface area (TPSA) is 12.9 Å². The van der Waals surface area contributed by atoms with Gasteiger partial charge in [0.05, 0.1) is 11.1 Å². The molecule has 0 aliphatic carbocycles. The molecule has 0 spiro atoms. The van der Waals surface area contributed by atoms with Crippen molar-refractivity contribution in [1.29, 1.82) is 0 Å². The smallest absolute Gasteiger partial charge is 0.260 e. The number of benzene rings is 1. The molecule has 1 aromatic heterocycles. The second-order valence-electron chi connectivity index (χ2n) is 6.48. The van der Waals surface area contributed by atoms with Crippen LogP contribution in [0.15, 0.2) is 36.5 Å². The predicted molar refractivity (Wildman–Crippen MR) is 78.4 cm³/mol. The Morgan fingerprint density at radius 3 is 1.54 bits per heavy atom. The number of pyridine rings is 1. The summed E-state index contributed by atoms with van der Waals surface area (Å²) >= 11 is 0. The monoisotopic (exact) mass is 347 g/mol. The van der Waals surface area contributed by atoms with E-state index in [1.807, 2.05) is 20.8 Å². The molecular weight excluding hydrogens is 332 g/mol. The van der Waals surface area contributed by atoms with E-state index in [9.17, 15) is 26.3 Å². The highest BCUT2D eigenvalue weighted by atomic mass is 19.4. The molecule has 0 aliphatic heterocycles. The minimum absolute atomic E-state index is 0.112. The number of rotatable bonds is 1. The minimum Gasteiger partial charge on any atom is -0.260 e. The summed E-state index contributed by atoms with van der Waals surface area (Å²) in [7, 11) is 0. The molecule has 2 rings (SSSR count). The summed E-state index contributed by atoms with van der Waals surface area (Å²) in [5.74, 6) is 0. The first-order chi connectivity index (χ1) is 10.8. The largest absolute Gasteiger partial charge is 0.416 e. The highest BCUT2D eigenvalue weighted by Crippen LogP contribution is 2.38. The maximum Gasteiger partial charge on any atom is 0.416 e. The molecule has 0 saturated carbocycles. The van der Waals surface area contributed by atoms with E-state index in [4.69, 9.17) is 0 Å². The lowest BCUT2D eigenvalue weighted by Crippen LogP contribution is -2.13. The van der Waals surface area contributed by atoms with Gasteiger partial charge in [-0.2, -0.15) is 26.3 Å². The van der Waals surface area contributed by atoms with E-state index in [-0.39, 0.29) is 22.6 Å². The molecule has 1 heterocycles. The summed E-state index contributed by atoms with van der Waals surface area (Å²) in [5.41, 5.74) is -2.25. The van der Waals surface area contributed by atoms with Crippen LogP contribution < -0.4 is 0 Å². The van der Waals surface area contributed by atoms with Crippen molar-refractivity contribution in [3.05, 3.63) is 53.3 Å². The van der Waals surface area contributed by atoms with Gasteiger partial charge in [0.1, 0.15) is 0 Å². The Hall–Kier alpha value is -2.05. The molecule has 2 aromatic rings. The van der Waals surface area contributed by atoms with E-state index >= 15 is 0 Å². The molecule has 0 saturated heterocycles. The lowest BCUT2D eigenvalue weighted by atomic mass is 9.91. The Morgan fingerprint density at radius 1 is 0.708 bits per heavy atom. The molecule has 0 atom stereocenters. The Morgan fingerprint density at radius 2 is 1.21 bits per heavy atom. The van der Waals surface area contributed by atoms with Crippen molar-refractivity contribution in [2.45, 2.75) is 38.5 Å². The molecule has 1 nitrogen and oxygen atoms in total. The highest BCUT2D eigenvalue weighted by molar-refractivity contribution is 5.65. The first-order valence-corrected chi connectivity index (χ1v) is 7.05. The van der Waals surface area contributed by atoms with Gasteiger partial charge in [-0.15, -0.1) is 0 Å². The molecule has 7 heteroatoms. The van der Waals surface area contributed by atoms with Crippen molar-refractivity contribution in [2.24, 2.45) is 0 Å². The van der Waals surface area contributed by atoms with Crippen molar-refractivity contribution in [3.63, 3.8) is 0 Å². The Balaban J connectivity index is 2.57. The molecule has 0 aliphatic rings. The van der Waals surface area contributed by atoms with Gasteiger partial charge in [-0.3, -0.25) is 4.98 Å². The number of nitrogens with zero attached hydrogens (tertiary/aromatic N) is 1. The number of hydrogen-bond acceptors (Lipinski definition) is 1. The fourth-order valence-corrected chi connectivity index (χ4v) is 2.13. The number of halogens is 6. The van der Waals surface area contributed by atoms with Crippen LogP contribution in [-0.2, 0) is 17.8 Å². The zero-order valence-corrected chi connectivity index (χ0v) is 13.2. The van der Waals surface area contributed by atoms with E-state index in [2.05, 4.69) is 4.98 Å². The van der Waals surface area contributed by atoms with E-state index in [1.165, 1.54) is 12.3 Å². The van der Waals surface area contributed by atoms with Crippen LogP contribution in [-0.4, -0.2) is 4.98 Å². The van der Waals surface area contributed by atoms with Gasteiger partial charge in [0, 0.05) is 22.9 Å². The standard InChI is InChI=1S/C17H15F6N/c1-15(2,3)14-5-4-10(9-24-14)11-6-12(16(18,19)20)8-13(7-11)17(21,22)23/h4-9H,1-3H3. The second kappa shape index (κ2) is 5.79. The third-order valence-electron chi connectivity index (χ3n) is 3.45. The summed E-state index contributed by atoms with van der Waals surface area (Å²) in [6.07, 6.45) is -8.44. The quantitative estimate of drug-likeness (QED) is 0.569. The van der Waals surface area contributed by atoms with Crippen LogP contribution in [0.5, 0.6) is 0 Å². The maximum absolute atomic E-state index is 12.9. The normalized spacial score (nSPS) is 13.2. The SMILES string of the molecule is CC(C)(C)c1ccc(-c2cc(C(F)(F)F)cc(C(F)(F)F)c2)cn1. The van der Waals surface area contributed by atoms with Gasteiger partial charge >= 0.3 is 12.4 Å². The first-order valence-electron chi connectivity index (χ1n) is 7.05. The van der Waals surface area contributed by atoms with Crippen molar-refractivity contribution >= 4 is 0 Å². The van der Waals surface area contributed by atoms with Gasteiger partial charge in [-0.1, -0.05) is 26.8 Å². The fourth-order valence-electron chi connectivity index (χ4n) is 2.13. The van der Waals surface area contributed by atoms with Crippen LogP contribution in [0.3, 0.4) is 0 Å². The van der Waals surface area contributed by atoms with Crippen LogP contribution in [0.2, 0.25) is 0 Å². The number of hydrogen-bond donors (Lipinski definition) is 0. The third-order valence-corrected chi connectivity index (χ3v) is 3.45. The van der Waals surface area contributed by atoms with Crippen LogP contribution in [0.1, 0.15) is 37.6 Å². The molecule has 24 heavy (non-hydrogen) atoms. The first kappa shape index (κ1) is 18.3. The zero-order valence-electron chi connectivity index (χ0n) is 13.2. The van der Waals surface area contributed by atoms with Gasteiger partial charge < -0.3 is 0 Å². The predicted octanol–water partition coefficient (Wildman–Crippen LogP) is 6.08. The average Bonchev–Trinajstić information content (AvgIpc) is 2.44. The average molecular weight is 347 g/mol. The molecular formula is C17H15F6N. The molecule has 130 valence electrons. The Kier molecular flexibility index (Phi) is 4.41. The minimum atomic E-state index is -4.87. The van der Waals surface area contributed by atoms with Gasteiger partial charge in [-0.25, -0.2) is 0 Å². The van der Waals surface area contributed by atoms with E-state index < -0.39 is 23.5 Å². The zero-order chi connectivity index (χ0) is 18.3. The summed E-state index contributed by atoms with van der Waals surface area (Å²) in [4.78, 5) is 4.15. The van der Waals surface area contributed by atoms with Crippen LogP contribution in [0.4, 0.5) is 26.3 Å². The van der Waals surface area contributed by atoms with Gasteiger partial charge in [0.15, 0.2) is 0 Å². The van der Waals surface area contributed by atoms with Crippen molar-refractivity contribution in [2.75, 3.05) is 0 Å². The summed E-state index contributed by atoms with van der Waals surface area (Å²) < 4.78 is 77.3. The van der Waals surface area contributed by atoms with E-state index in [0.29, 0.717) is 17.8 Å². The molecule has 0 bridgehead atoms. The Bertz CT molecular complexity index is 688. The van der Waals surface area contributed by atoms with E-state index in [1.54, 1.807) is 6.07 Å². The van der Waals surface area contributed by atoms with Crippen molar-refractivity contribution in [1.82, 2.24) is 4.98 Å². The molecule has 0 unspecified atom stereocenters. The number of aromatic nitrogens is 1. The molecule has 0 fully saturated rings. The van der Waals surface area contributed by atoms with Crippen LogP contribution >= 0.6 is 0 Å². The summed E-state index contributed by atoms with van der Waals surface area (Å²) in [6, 6.07) is 4.58. The fraction of sp³-hybridized carbons (Fsp3) is 0.353. The summed E-state index contributed by atoms with van der Waals surface area (Å²) in [5, 5.41) is 0. The molecule has 0 N–H and O–H groups in total. The number of alkyl halides is 6.